The van der Waals surface area contributed by atoms with Crippen molar-refractivity contribution in [3.05, 3.63) is 28.8 Å². The van der Waals surface area contributed by atoms with Crippen molar-refractivity contribution in [2.75, 3.05) is 18.0 Å². The Morgan fingerprint density at radius 1 is 1.21 bits per heavy atom. The highest BCUT2D eigenvalue weighted by Crippen LogP contribution is 2.27. The van der Waals surface area contributed by atoms with Crippen LogP contribution >= 0.6 is 0 Å². The number of anilines is 1. The van der Waals surface area contributed by atoms with E-state index < -0.39 is 6.09 Å². The second-order valence-electron chi connectivity index (χ2n) is 5.56. The van der Waals surface area contributed by atoms with Gasteiger partial charge in [0.15, 0.2) is 5.78 Å². The van der Waals surface area contributed by atoms with Gasteiger partial charge in [0.1, 0.15) is 6.10 Å². The Morgan fingerprint density at radius 3 is 2.21 bits per heavy atom. The van der Waals surface area contributed by atoms with E-state index in [0.29, 0.717) is 24.3 Å². The number of carbonyl (C=O) groups excluding carboxylic acids is 3. The number of ketones is 1. The summed E-state index contributed by atoms with van der Waals surface area (Å²) in [4.78, 5) is 36.1. The van der Waals surface area contributed by atoms with Crippen molar-refractivity contribution < 1.29 is 19.1 Å². The van der Waals surface area contributed by atoms with Crippen LogP contribution in [0.1, 0.15) is 49.2 Å². The number of amides is 2. The zero-order valence-electron chi connectivity index (χ0n) is 15.2. The quantitative estimate of drug-likeness (QED) is 0.859. The van der Waals surface area contributed by atoms with Gasteiger partial charge in [-0.2, -0.15) is 0 Å². The van der Waals surface area contributed by atoms with Crippen LogP contribution in [0.2, 0.25) is 0 Å². The minimum absolute atomic E-state index is 0.00841. The first-order chi connectivity index (χ1) is 11.3. The highest BCUT2D eigenvalue weighted by molar-refractivity contribution is 5.98. The Hall–Kier alpha value is -2.37. The smallest absolute Gasteiger partial charge is 0.414 e. The van der Waals surface area contributed by atoms with E-state index in [1.807, 2.05) is 39.8 Å². The van der Waals surface area contributed by atoms with Crippen molar-refractivity contribution in [2.45, 2.75) is 47.6 Å². The van der Waals surface area contributed by atoms with E-state index in [1.165, 1.54) is 18.7 Å². The summed E-state index contributed by atoms with van der Waals surface area (Å²) >= 11 is 0. The molecule has 1 aliphatic heterocycles. The van der Waals surface area contributed by atoms with E-state index >= 15 is 0 Å². The van der Waals surface area contributed by atoms with Crippen LogP contribution in [0.25, 0.3) is 0 Å². The van der Waals surface area contributed by atoms with Gasteiger partial charge in [0.05, 0.1) is 13.1 Å². The molecule has 1 saturated heterocycles. The third-order valence-corrected chi connectivity index (χ3v) is 3.63. The molecule has 2 amide bonds. The lowest BCUT2D eigenvalue weighted by molar-refractivity contribution is -0.119. The van der Waals surface area contributed by atoms with E-state index in [2.05, 4.69) is 5.32 Å². The van der Waals surface area contributed by atoms with Crippen molar-refractivity contribution in [3.63, 3.8) is 0 Å². The number of hydrogen-bond donors (Lipinski definition) is 1. The predicted molar refractivity (Wildman–Crippen MR) is 93.6 cm³/mol. The second-order valence-corrected chi connectivity index (χ2v) is 5.56. The largest absolute Gasteiger partial charge is 0.442 e. The van der Waals surface area contributed by atoms with Crippen LogP contribution in [0, 0.1) is 13.8 Å². The topological polar surface area (TPSA) is 75.7 Å². The van der Waals surface area contributed by atoms with E-state index in [4.69, 9.17) is 4.74 Å². The van der Waals surface area contributed by atoms with Crippen LogP contribution in [0.3, 0.4) is 0 Å². The summed E-state index contributed by atoms with van der Waals surface area (Å²) in [7, 11) is 0. The Kier molecular flexibility index (Phi) is 6.95. The molecule has 1 aromatic rings. The molecule has 0 radical (unpaired) electrons. The van der Waals surface area contributed by atoms with Gasteiger partial charge in [0.2, 0.25) is 5.91 Å². The number of Topliss-reactive ketones (excluding diaryl/α,β-unsaturated/α-hetero) is 1. The van der Waals surface area contributed by atoms with Gasteiger partial charge >= 0.3 is 6.09 Å². The lowest BCUT2D eigenvalue weighted by Crippen LogP contribution is -2.33. The summed E-state index contributed by atoms with van der Waals surface area (Å²) in [6, 6.07) is 3.62. The fourth-order valence-electron chi connectivity index (χ4n) is 2.75. The Morgan fingerprint density at radius 2 is 1.75 bits per heavy atom. The Bertz CT molecular complexity index is 617. The van der Waals surface area contributed by atoms with E-state index in [-0.39, 0.29) is 17.8 Å². The van der Waals surface area contributed by atoms with Crippen molar-refractivity contribution >= 4 is 23.5 Å². The third-order valence-electron chi connectivity index (χ3n) is 3.63. The van der Waals surface area contributed by atoms with Crippen LogP contribution in [0.4, 0.5) is 10.5 Å². The molecule has 1 heterocycles. The number of ether oxygens (including phenoxy) is 1. The lowest BCUT2D eigenvalue weighted by atomic mass is 9.98. The number of cyclic esters (lactones) is 1. The number of rotatable bonds is 4. The van der Waals surface area contributed by atoms with Gasteiger partial charge in [-0.3, -0.25) is 14.5 Å². The van der Waals surface area contributed by atoms with Gasteiger partial charge in [-0.1, -0.05) is 13.8 Å². The molecule has 1 atom stereocenters. The first-order valence-corrected chi connectivity index (χ1v) is 8.14. The number of benzene rings is 1. The molecule has 1 unspecified atom stereocenters. The maximum absolute atomic E-state index is 12.0. The molecule has 1 fully saturated rings. The van der Waals surface area contributed by atoms with Crippen LogP contribution in [0.5, 0.6) is 0 Å². The van der Waals surface area contributed by atoms with E-state index in [0.717, 1.165) is 11.1 Å². The fourth-order valence-corrected chi connectivity index (χ4v) is 2.75. The zero-order valence-corrected chi connectivity index (χ0v) is 15.2. The molecule has 1 aliphatic rings. The highest BCUT2D eigenvalue weighted by Gasteiger charge is 2.32. The van der Waals surface area contributed by atoms with Crippen molar-refractivity contribution in [3.8, 4) is 0 Å². The Labute approximate surface area is 143 Å². The number of nitrogens with zero attached hydrogens (tertiary/aromatic N) is 1. The summed E-state index contributed by atoms with van der Waals surface area (Å²) in [6.07, 6.45) is -0.811. The molecule has 132 valence electrons. The standard InChI is InChI=1S/C16H20N2O4.C2H6/c1-9-5-13(6-10(2)15(9)11(3)19)18-8-14(22-16(18)21)7-17-12(4)20;1-2/h5-6,14H,7-8H2,1-4H3,(H,17,20);1-2H3. The van der Waals surface area contributed by atoms with Gasteiger partial charge in [-0.25, -0.2) is 4.79 Å². The average Bonchev–Trinajstić information content (AvgIpc) is 2.87. The number of aryl methyl sites for hydroxylation is 2. The van der Waals surface area contributed by atoms with E-state index in [9.17, 15) is 14.4 Å². The molecule has 1 N–H and O–H groups in total. The first-order valence-electron chi connectivity index (χ1n) is 8.14. The predicted octanol–water partition coefficient (Wildman–Crippen LogP) is 2.99. The van der Waals surface area contributed by atoms with Crippen LogP contribution in [-0.4, -0.2) is 37.0 Å². The summed E-state index contributed by atoms with van der Waals surface area (Å²) in [5.74, 6) is -0.152. The molecule has 6 nitrogen and oxygen atoms in total. The van der Waals surface area contributed by atoms with Crippen LogP contribution in [0.15, 0.2) is 12.1 Å². The summed E-state index contributed by atoms with van der Waals surface area (Å²) in [6.45, 7) is 11.3. The molecule has 2 rings (SSSR count). The zero-order chi connectivity index (χ0) is 18.4. The monoisotopic (exact) mass is 334 g/mol. The first kappa shape index (κ1) is 19.7. The molecule has 0 saturated carbocycles. The molecule has 6 heteroatoms. The maximum atomic E-state index is 12.0. The minimum atomic E-state index is -0.440. The Balaban J connectivity index is 0.00000139. The van der Waals surface area contributed by atoms with Gasteiger partial charge in [-0.15, -0.1) is 0 Å². The fraction of sp³-hybridized carbons (Fsp3) is 0.500. The molecule has 0 aliphatic carbocycles. The van der Waals surface area contributed by atoms with Crippen LogP contribution in [-0.2, 0) is 9.53 Å². The number of nitrogens with one attached hydrogen (secondary N) is 1. The van der Waals surface area contributed by atoms with Crippen molar-refractivity contribution in [1.82, 2.24) is 5.32 Å². The summed E-state index contributed by atoms with van der Waals surface area (Å²) < 4.78 is 5.24. The average molecular weight is 334 g/mol. The molecule has 24 heavy (non-hydrogen) atoms. The SMILES string of the molecule is CC.CC(=O)NCC1CN(c2cc(C)c(C(C)=O)c(C)c2)C(=O)O1. The molecular formula is C18H26N2O4. The minimum Gasteiger partial charge on any atom is -0.442 e. The van der Waals surface area contributed by atoms with E-state index in [1.54, 1.807) is 0 Å². The normalized spacial score (nSPS) is 16.2. The summed E-state index contributed by atoms with van der Waals surface area (Å²) in [5.41, 5.74) is 3.06. The molecule has 1 aromatic carbocycles. The van der Waals surface area contributed by atoms with Crippen molar-refractivity contribution in [1.29, 1.82) is 0 Å². The lowest BCUT2D eigenvalue weighted by Gasteiger charge is -2.17. The van der Waals surface area contributed by atoms with Crippen LogP contribution < -0.4 is 10.2 Å². The number of hydrogen-bond acceptors (Lipinski definition) is 4. The summed E-state index contributed by atoms with van der Waals surface area (Å²) in [5, 5.41) is 2.64. The van der Waals surface area contributed by atoms with Gasteiger partial charge < -0.3 is 10.1 Å². The second kappa shape index (κ2) is 8.47. The molecule has 0 bridgehead atoms. The van der Waals surface area contributed by atoms with Gasteiger partial charge in [-0.05, 0) is 44.0 Å². The van der Waals surface area contributed by atoms with Gasteiger partial charge in [0.25, 0.3) is 0 Å². The third kappa shape index (κ3) is 4.57. The molecule has 0 spiro atoms. The van der Waals surface area contributed by atoms with Crippen molar-refractivity contribution in [2.24, 2.45) is 0 Å². The highest BCUT2D eigenvalue weighted by atomic mass is 16.6. The molecule has 0 aromatic heterocycles. The maximum Gasteiger partial charge on any atom is 0.414 e. The molecular weight excluding hydrogens is 308 g/mol. The number of carbonyl (C=O) groups is 3. The van der Waals surface area contributed by atoms with Gasteiger partial charge in [0, 0.05) is 18.2 Å².